The van der Waals surface area contributed by atoms with Crippen LogP contribution in [0.5, 0.6) is 0 Å². The van der Waals surface area contributed by atoms with Crippen LogP contribution in [-0.2, 0) is 0 Å². The van der Waals surface area contributed by atoms with E-state index in [4.69, 9.17) is 0 Å². The van der Waals surface area contributed by atoms with E-state index in [0.717, 1.165) is 12.8 Å². The minimum absolute atomic E-state index is 0.0456. The normalized spacial score (nSPS) is 34.3. The smallest absolute Gasteiger partial charge is 0.0555 e. The molecule has 0 spiro atoms. The Morgan fingerprint density at radius 2 is 1.88 bits per heavy atom. The molecule has 1 aliphatic heterocycles. The van der Waals surface area contributed by atoms with Crippen LogP contribution >= 0.6 is 0 Å². The molecule has 1 saturated carbocycles. The Bertz CT molecular complexity index is 364. The summed E-state index contributed by atoms with van der Waals surface area (Å²) in [5.74, 6) is 0.703. The van der Waals surface area contributed by atoms with Crippen molar-refractivity contribution in [2.75, 3.05) is 13.1 Å². The lowest BCUT2D eigenvalue weighted by molar-refractivity contribution is 0.162. The summed E-state index contributed by atoms with van der Waals surface area (Å²) in [4.78, 5) is 2.59. The Kier molecular flexibility index (Phi) is 3.17. The van der Waals surface area contributed by atoms with Gasteiger partial charge in [-0.1, -0.05) is 30.3 Å². The second-order valence-corrected chi connectivity index (χ2v) is 5.51. The molecule has 2 heteroatoms. The number of nitrogens with zero attached hydrogens (tertiary/aromatic N) is 1. The molecule has 0 aromatic heterocycles. The van der Waals surface area contributed by atoms with Crippen LogP contribution in [0.2, 0.25) is 0 Å². The van der Waals surface area contributed by atoms with Crippen molar-refractivity contribution in [2.45, 2.75) is 43.7 Å². The molecule has 2 aliphatic rings. The zero-order valence-electron chi connectivity index (χ0n) is 10.3. The van der Waals surface area contributed by atoms with Crippen LogP contribution in [0, 0.1) is 0 Å². The summed E-state index contributed by atoms with van der Waals surface area (Å²) in [5.41, 5.74) is 1.48. The van der Waals surface area contributed by atoms with E-state index in [1.165, 1.54) is 31.5 Å². The molecule has 3 unspecified atom stereocenters. The first-order valence-electron chi connectivity index (χ1n) is 6.80. The fourth-order valence-corrected chi connectivity index (χ4v) is 3.38. The minimum Gasteiger partial charge on any atom is -0.393 e. The van der Waals surface area contributed by atoms with Gasteiger partial charge in [0.2, 0.25) is 0 Å². The summed E-state index contributed by atoms with van der Waals surface area (Å²) in [5, 5.41) is 9.62. The van der Waals surface area contributed by atoms with Crippen LogP contribution in [0.1, 0.15) is 37.2 Å². The molecule has 17 heavy (non-hydrogen) atoms. The zero-order valence-corrected chi connectivity index (χ0v) is 10.3. The maximum absolute atomic E-state index is 9.62. The van der Waals surface area contributed by atoms with Crippen molar-refractivity contribution < 1.29 is 5.11 Å². The van der Waals surface area contributed by atoms with Crippen molar-refractivity contribution in [3.63, 3.8) is 0 Å². The van der Waals surface area contributed by atoms with Gasteiger partial charge in [0, 0.05) is 12.6 Å². The van der Waals surface area contributed by atoms with E-state index in [-0.39, 0.29) is 6.10 Å². The predicted molar refractivity (Wildman–Crippen MR) is 69.0 cm³/mol. The van der Waals surface area contributed by atoms with Crippen LogP contribution in [0.4, 0.5) is 0 Å². The van der Waals surface area contributed by atoms with Gasteiger partial charge in [-0.25, -0.2) is 0 Å². The van der Waals surface area contributed by atoms with Crippen molar-refractivity contribution in [1.29, 1.82) is 0 Å². The minimum atomic E-state index is -0.0456. The molecule has 0 radical (unpaired) electrons. The number of likely N-dealkylation sites (tertiary alicyclic amines) is 1. The molecule has 2 nitrogen and oxygen atoms in total. The summed E-state index contributed by atoms with van der Waals surface area (Å²) >= 11 is 0. The van der Waals surface area contributed by atoms with Crippen molar-refractivity contribution in [3.05, 3.63) is 35.9 Å². The van der Waals surface area contributed by atoms with Gasteiger partial charge in [-0.2, -0.15) is 0 Å². The number of hydrogen-bond acceptors (Lipinski definition) is 2. The van der Waals surface area contributed by atoms with Gasteiger partial charge in [0.1, 0.15) is 0 Å². The van der Waals surface area contributed by atoms with Crippen LogP contribution in [-0.4, -0.2) is 35.2 Å². The highest BCUT2D eigenvalue weighted by molar-refractivity contribution is 5.21. The summed E-state index contributed by atoms with van der Waals surface area (Å²) in [6.07, 6.45) is 4.40. The maximum Gasteiger partial charge on any atom is 0.0555 e. The zero-order chi connectivity index (χ0) is 11.7. The number of benzene rings is 1. The summed E-state index contributed by atoms with van der Waals surface area (Å²) < 4.78 is 0. The van der Waals surface area contributed by atoms with E-state index < -0.39 is 0 Å². The van der Waals surface area contributed by atoms with Crippen LogP contribution in [0.25, 0.3) is 0 Å². The highest BCUT2D eigenvalue weighted by atomic mass is 16.3. The molecule has 2 fully saturated rings. The van der Waals surface area contributed by atoms with Crippen LogP contribution in [0.15, 0.2) is 30.3 Å². The van der Waals surface area contributed by atoms with E-state index >= 15 is 0 Å². The van der Waals surface area contributed by atoms with Gasteiger partial charge in [-0.15, -0.1) is 0 Å². The average Bonchev–Trinajstić information content (AvgIpc) is 2.98. The maximum atomic E-state index is 9.62. The molecule has 3 atom stereocenters. The van der Waals surface area contributed by atoms with Gasteiger partial charge in [-0.3, -0.25) is 4.90 Å². The number of rotatable bonds is 2. The Morgan fingerprint density at radius 1 is 1.06 bits per heavy atom. The van der Waals surface area contributed by atoms with Gasteiger partial charge in [0.05, 0.1) is 6.10 Å². The molecule has 0 bridgehead atoms. The third kappa shape index (κ3) is 2.38. The highest BCUT2D eigenvalue weighted by Crippen LogP contribution is 2.33. The molecule has 92 valence electrons. The largest absolute Gasteiger partial charge is 0.393 e. The fourth-order valence-electron chi connectivity index (χ4n) is 3.38. The molecular formula is C15H21NO. The molecule has 1 aliphatic carbocycles. The lowest BCUT2D eigenvalue weighted by Gasteiger charge is -2.23. The first-order valence-corrected chi connectivity index (χ1v) is 6.80. The van der Waals surface area contributed by atoms with Crippen molar-refractivity contribution in [3.8, 4) is 0 Å². The van der Waals surface area contributed by atoms with Gasteiger partial charge in [-0.05, 0) is 43.7 Å². The number of aliphatic hydroxyl groups is 1. The first-order chi connectivity index (χ1) is 8.33. The molecule has 1 saturated heterocycles. The molecule has 0 amide bonds. The van der Waals surface area contributed by atoms with Crippen molar-refractivity contribution in [1.82, 2.24) is 4.90 Å². The van der Waals surface area contributed by atoms with Gasteiger partial charge in [0.25, 0.3) is 0 Å². The fraction of sp³-hybridized carbons (Fsp3) is 0.600. The SMILES string of the molecule is OC1CCC(N2CCC(c3ccccc3)C2)C1. The lowest BCUT2D eigenvalue weighted by Crippen LogP contribution is -2.31. The third-order valence-electron chi connectivity index (χ3n) is 4.38. The quantitative estimate of drug-likeness (QED) is 0.845. The molecule has 1 heterocycles. The Morgan fingerprint density at radius 3 is 2.59 bits per heavy atom. The summed E-state index contributed by atoms with van der Waals surface area (Å²) in [6, 6.07) is 11.5. The van der Waals surface area contributed by atoms with Gasteiger partial charge < -0.3 is 5.11 Å². The molecule has 3 rings (SSSR count). The van der Waals surface area contributed by atoms with Crippen molar-refractivity contribution in [2.24, 2.45) is 0 Å². The monoisotopic (exact) mass is 231 g/mol. The third-order valence-corrected chi connectivity index (χ3v) is 4.38. The highest BCUT2D eigenvalue weighted by Gasteiger charge is 2.33. The number of aliphatic hydroxyl groups excluding tert-OH is 1. The van der Waals surface area contributed by atoms with E-state index in [2.05, 4.69) is 35.2 Å². The molecule has 1 aromatic carbocycles. The standard InChI is InChI=1S/C15H21NO/c17-15-7-6-14(10-15)16-9-8-13(11-16)12-4-2-1-3-5-12/h1-5,13-15,17H,6-11H2. The molecule has 1 N–H and O–H groups in total. The van der Waals surface area contributed by atoms with E-state index in [1.54, 1.807) is 0 Å². The first kappa shape index (κ1) is 11.2. The van der Waals surface area contributed by atoms with Crippen LogP contribution < -0.4 is 0 Å². The van der Waals surface area contributed by atoms with E-state index in [0.29, 0.717) is 12.0 Å². The van der Waals surface area contributed by atoms with E-state index in [1.807, 2.05) is 0 Å². The van der Waals surface area contributed by atoms with E-state index in [9.17, 15) is 5.11 Å². The average molecular weight is 231 g/mol. The summed E-state index contributed by atoms with van der Waals surface area (Å²) in [6.45, 7) is 2.39. The number of hydrogen-bond donors (Lipinski definition) is 1. The second kappa shape index (κ2) is 4.79. The van der Waals surface area contributed by atoms with Crippen molar-refractivity contribution >= 4 is 0 Å². The topological polar surface area (TPSA) is 23.5 Å². The summed E-state index contributed by atoms with van der Waals surface area (Å²) in [7, 11) is 0. The Hall–Kier alpha value is -0.860. The lowest BCUT2D eigenvalue weighted by atomic mass is 9.99. The van der Waals surface area contributed by atoms with Gasteiger partial charge in [0.15, 0.2) is 0 Å². The van der Waals surface area contributed by atoms with Gasteiger partial charge >= 0.3 is 0 Å². The van der Waals surface area contributed by atoms with Crippen LogP contribution in [0.3, 0.4) is 0 Å². The second-order valence-electron chi connectivity index (χ2n) is 5.51. The Balaban J connectivity index is 1.62. The Labute approximate surface area is 103 Å². The molecular weight excluding hydrogens is 210 g/mol. The predicted octanol–water partition coefficient (Wildman–Crippen LogP) is 2.39. The molecule has 1 aromatic rings.